The lowest BCUT2D eigenvalue weighted by Gasteiger charge is -2.35. The van der Waals surface area contributed by atoms with E-state index in [2.05, 4.69) is 34.4 Å². The molecule has 25 heavy (non-hydrogen) atoms. The van der Waals surface area contributed by atoms with Crippen molar-refractivity contribution in [3.05, 3.63) is 0 Å². The minimum Gasteiger partial charge on any atom is -0.382 e. The number of piperidine rings is 1. The van der Waals surface area contributed by atoms with Gasteiger partial charge in [0.15, 0.2) is 5.96 Å². The molecule has 0 amide bonds. The zero-order chi connectivity index (χ0) is 17.6. The number of ether oxygens (including phenoxy) is 2. The summed E-state index contributed by atoms with van der Waals surface area (Å²) in [5, 5.41) is 6.72. The number of aliphatic imine (C=N–C) groups is 1. The highest BCUT2D eigenvalue weighted by Gasteiger charge is 2.20. The Kier molecular flexibility index (Phi) is 16.0. The van der Waals surface area contributed by atoms with Crippen molar-refractivity contribution < 1.29 is 9.47 Å². The third kappa shape index (κ3) is 12.8. The quantitative estimate of drug-likeness (QED) is 0.210. The van der Waals surface area contributed by atoms with E-state index in [0.717, 1.165) is 50.3 Å². The average molecular weight is 470 g/mol. The third-order valence-corrected chi connectivity index (χ3v) is 4.30. The van der Waals surface area contributed by atoms with Gasteiger partial charge < -0.3 is 25.0 Å². The highest BCUT2D eigenvalue weighted by atomic mass is 127. The molecule has 0 spiro atoms. The molecule has 6 nitrogen and oxygen atoms in total. The molecule has 0 aromatic carbocycles. The maximum atomic E-state index is 5.44. The molecule has 0 aromatic heterocycles. The summed E-state index contributed by atoms with van der Waals surface area (Å²) in [5.41, 5.74) is 0. The first-order valence-electron chi connectivity index (χ1n) is 9.39. The molecule has 0 aliphatic carbocycles. The number of halogens is 1. The number of nitrogens with one attached hydrogen (secondary N) is 2. The van der Waals surface area contributed by atoms with E-state index in [-0.39, 0.29) is 24.0 Å². The monoisotopic (exact) mass is 470 g/mol. The van der Waals surface area contributed by atoms with Crippen LogP contribution in [0.4, 0.5) is 0 Å². The van der Waals surface area contributed by atoms with Crippen molar-refractivity contribution in [3.63, 3.8) is 0 Å². The van der Waals surface area contributed by atoms with Crippen LogP contribution < -0.4 is 10.6 Å². The van der Waals surface area contributed by atoms with Gasteiger partial charge in [-0.2, -0.15) is 0 Å². The zero-order valence-corrected chi connectivity index (χ0v) is 18.9. The Morgan fingerprint density at radius 1 is 1.04 bits per heavy atom. The number of methoxy groups -OCH3 is 1. The van der Waals surface area contributed by atoms with Crippen molar-refractivity contribution in [1.82, 2.24) is 15.5 Å². The van der Waals surface area contributed by atoms with Crippen LogP contribution in [0, 0.1) is 11.8 Å². The number of guanidine groups is 1. The summed E-state index contributed by atoms with van der Waals surface area (Å²) in [6.07, 6.45) is 3.49. The molecule has 2 atom stereocenters. The molecule has 2 N–H and O–H groups in total. The Labute approximate surface area is 171 Å². The molecular formula is C18H39IN4O2. The number of hydrogen-bond donors (Lipinski definition) is 2. The Bertz CT molecular complexity index is 335. The Morgan fingerprint density at radius 2 is 1.68 bits per heavy atom. The summed E-state index contributed by atoms with van der Waals surface area (Å²) >= 11 is 0. The molecule has 1 saturated heterocycles. The van der Waals surface area contributed by atoms with Crippen molar-refractivity contribution >= 4 is 29.9 Å². The Balaban J connectivity index is 0.00000576. The molecule has 1 heterocycles. The maximum absolute atomic E-state index is 5.44. The summed E-state index contributed by atoms with van der Waals surface area (Å²) in [5.74, 6) is 2.55. The van der Waals surface area contributed by atoms with Crippen LogP contribution >= 0.6 is 24.0 Å². The predicted molar refractivity (Wildman–Crippen MR) is 116 cm³/mol. The second kappa shape index (κ2) is 16.1. The standard InChI is InChI=1S/C18H38N4O2.HI/c1-16-13-17(2)15-22(14-16)9-5-7-20-18(19-3)21-8-6-10-24-12-11-23-4;/h16-17H,5-15H2,1-4H3,(H2,19,20,21);1H. The van der Waals surface area contributed by atoms with Gasteiger partial charge in [-0.05, 0) is 37.6 Å². The maximum Gasteiger partial charge on any atom is 0.190 e. The van der Waals surface area contributed by atoms with E-state index in [1.807, 2.05) is 7.05 Å². The average Bonchev–Trinajstić information content (AvgIpc) is 2.55. The molecule has 1 rings (SSSR count). The van der Waals surface area contributed by atoms with Crippen molar-refractivity contribution in [2.24, 2.45) is 16.8 Å². The molecule has 0 saturated carbocycles. The summed E-state index contributed by atoms with van der Waals surface area (Å²) in [7, 11) is 3.51. The van der Waals surface area contributed by atoms with Crippen molar-refractivity contribution in [2.45, 2.75) is 33.1 Å². The van der Waals surface area contributed by atoms with Crippen LogP contribution in [0.5, 0.6) is 0 Å². The molecule has 0 bridgehead atoms. The van der Waals surface area contributed by atoms with Crippen molar-refractivity contribution in [2.75, 3.05) is 66.7 Å². The van der Waals surface area contributed by atoms with E-state index in [4.69, 9.17) is 9.47 Å². The van der Waals surface area contributed by atoms with Crippen LogP contribution in [0.3, 0.4) is 0 Å². The molecule has 1 fully saturated rings. The largest absolute Gasteiger partial charge is 0.382 e. The lowest BCUT2D eigenvalue weighted by Crippen LogP contribution is -2.42. The van der Waals surface area contributed by atoms with E-state index in [1.54, 1.807) is 7.11 Å². The molecule has 1 aliphatic rings. The highest BCUT2D eigenvalue weighted by molar-refractivity contribution is 14.0. The lowest BCUT2D eigenvalue weighted by atomic mass is 9.92. The van der Waals surface area contributed by atoms with E-state index in [1.165, 1.54) is 26.1 Å². The summed E-state index contributed by atoms with van der Waals surface area (Å²) < 4.78 is 10.4. The lowest BCUT2D eigenvalue weighted by molar-refractivity contribution is 0.0698. The van der Waals surface area contributed by atoms with Gasteiger partial charge in [0.1, 0.15) is 0 Å². The fraction of sp³-hybridized carbons (Fsp3) is 0.944. The molecule has 1 aliphatic heterocycles. The minimum atomic E-state index is 0. The molecule has 2 unspecified atom stereocenters. The SMILES string of the molecule is CN=C(NCCCOCCOC)NCCCN1CC(C)CC(C)C1.I. The van der Waals surface area contributed by atoms with E-state index >= 15 is 0 Å². The second-order valence-electron chi connectivity index (χ2n) is 6.94. The van der Waals surface area contributed by atoms with Crippen molar-refractivity contribution in [3.8, 4) is 0 Å². The van der Waals surface area contributed by atoms with Gasteiger partial charge in [0.25, 0.3) is 0 Å². The van der Waals surface area contributed by atoms with Gasteiger partial charge in [-0.1, -0.05) is 13.8 Å². The molecule has 7 heteroatoms. The van der Waals surface area contributed by atoms with Crippen LogP contribution in [0.15, 0.2) is 4.99 Å². The molecular weight excluding hydrogens is 431 g/mol. The van der Waals surface area contributed by atoms with Gasteiger partial charge in [-0.25, -0.2) is 0 Å². The topological polar surface area (TPSA) is 58.1 Å². The zero-order valence-electron chi connectivity index (χ0n) is 16.6. The summed E-state index contributed by atoms with van der Waals surface area (Å²) in [6.45, 7) is 12.3. The van der Waals surface area contributed by atoms with E-state index in [0.29, 0.717) is 13.2 Å². The first kappa shape index (κ1) is 24.9. The van der Waals surface area contributed by atoms with Crippen LogP contribution in [0.25, 0.3) is 0 Å². The van der Waals surface area contributed by atoms with Crippen LogP contribution in [-0.4, -0.2) is 77.6 Å². The fourth-order valence-electron chi connectivity index (χ4n) is 3.33. The molecule has 0 radical (unpaired) electrons. The normalized spacial score (nSPS) is 21.7. The number of nitrogens with zero attached hydrogens (tertiary/aromatic N) is 2. The fourth-order valence-corrected chi connectivity index (χ4v) is 3.33. The van der Waals surface area contributed by atoms with Gasteiger partial charge in [0.2, 0.25) is 0 Å². The van der Waals surface area contributed by atoms with Gasteiger partial charge >= 0.3 is 0 Å². The second-order valence-corrected chi connectivity index (χ2v) is 6.94. The highest BCUT2D eigenvalue weighted by Crippen LogP contribution is 2.20. The van der Waals surface area contributed by atoms with Crippen LogP contribution in [0.2, 0.25) is 0 Å². The predicted octanol–water partition coefficient (Wildman–Crippen LogP) is 2.19. The number of rotatable bonds is 11. The van der Waals surface area contributed by atoms with Gasteiger partial charge in [-0.3, -0.25) is 4.99 Å². The first-order chi connectivity index (χ1) is 11.7. The van der Waals surface area contributed by atoms with Gasteiger partial charge in [-0.15, -0.1) is 24.0 Å². The molecule has 150 valence electrons. The Hall–Kier alpha value is -0.120. The van der Waals surface area contributed by atoms with Crippen molar-refractivity contribution in [1.29, 1.82) is 0 Å². The van der Waals surface area contributed by atoms with Gasteiger partial charge in [0.05, 0.1) is 13.2 Å². The smallest absolute Gasteiger partial charge is 0.190 e. The van der Waals surface area contributed by atoms with E-state index < -0.39 is 0 Å². The summed E-state index contributed by atoms with van der Waals surface area (Å²) in [6, 6.07) is 0. The van der Waals surface area contributed by atoms with Crippen LogP contribution in [-0.2, 0) is 9.47 Å². The third-order valence-electron chi connectivity index (χ3n) is 4.30. The van der Waals surface area contributed by atoms with E-state index in [9.17, 15) is 0 Å². The van der Waals surface area contributed by atoms with Crippen LogP contribution in [0.1, 0.15) is 33.1 Å². The minimum absolute atomic E-state index is 0. The number of likely N-dealkylation sites (tertiary alicyclic amines) is 1. The number of hydrogen-bond acceptors (Lipinski definition) is 4. The van der Waals surface area contributed by atoms with Gasteiger partial charge in [0, 0.05) is 46.9 Å². The summed E-state index contributed by atoms with van der Waals surface area (Å²) in [4.78, 5) is 6.87. The first-order valence-corrected chi connectivity index (χ1v) is 9.39. The Morgan fingerprint density at radius 3 is 2.28 bits per heavy atom. The molecule has 0 aromatic rings.